The molecule has 1 aliphatic carbocycles. The van der Waals surface area contributed by atoms with Crippen molar-refractivity contribution in [3.05, 3.63) is 36.3 Å². The highest BCUT2D eigenvalue weighted by Gasteiger charge is 2.27. The molecule has 0 radical (unpaired) electrons. The van der Waals surface area contributed by atoms with Crippen LogP contribution in [0.5, 0.6) is 0 Å². The fourth-order valence-corrected chi connectivity index (χ4v) is 4.84. The number of anilines is 1. The Balaban J connectivity index is 1.81. The van der Waals surface area contributed by atoms with Gasteiger partial charge in [-0.05, 0) is 58.5 Å². The molecule has 0 aliphatic heterocycles. The lowest BCUT2D eigenvalue weighted by Crippen LogP contribution is -2.20. The number of carbonyl (C=O) groups is 1. The molecule has 136 valence electrons. The summed E-state index contributed by atoms with van der Waals surface area (Å²) >= 11 is 4.57. The number of thiophene rings is 1. The van der Waals surface area contributed by atoms with Crippen molar-refractivity contribution in [1.29, 1.82) is 5.26 Å². The second-order valence-corrected chi connectivity index (χ2v) is 8.25. The number of aromatic nitrogens is 2. The largest absolute Gasteiger partial charge is 0.404 e. The molecule has 1 amide bonds. The van der Waals surface area contributed by atoms with E-state index < -0.39 is 4.92 Å². The van der Waals surface area contributed by atoms with Crippen molar-refractivity contribution in [2.75, 3.05) is 5.32 Å². The molecule has 1 aliphatic rings. The third-order valence-corrected chi connectivity index (χ3v) is 6.56. The highest BCUT2D eigenvalue weighted by atomic mass is 79.9. The molecule has 0 fully saturated rings. The van der Waals surface area contributed by atoms with Crippen molar-refractivity contribution < 1.29 is 9.72 Å². The molecule has 3 rings (SSSR count). The number of nitrogens with one attached hydrogen (secondary N) is 1. The van der Waals surface area contributed by atoms with Crippen LogP contribution in [0, 0.1) is 34.3 Å². The van der Waals surface area contributed by atoms with Gasteiger partial charge < -0.3 is 15.4 Å². The Hall–Kier alpha value is -2.25. The van der Waals surface area contributed by atoms with Crippen LogP contribution in [0.25, 0.3) is 0 Å². The van der Waals surface area contributed by atoms with E-state index in [1.54, 1.807) is 6.92 Å². The van der Waals surface area contributed by atoms with Gasteiger partial charge in [0, 0.05) is 4.88 Å². The maximum absolute atomic E-state index is 12.4. The summed E-state index contributed by atoms with van der Waals surface area (Å²) in [5.41, 5.74) is 2.07. The van der Waals surface area contributed by atoms with Gasteiger partial charge in [0.15, 0.2) is 0 Å². The number of amides is 1. The Morgan fingerprint density at radius 1 is 1.62 bits per heavy atom. The van der Waals surface area contributed by atoms with E-state index in [2.05, 4.69) is 39.3 Å². The van der Waals surface area contributed by atoms with Crippen molar-refractivity contribution in [3.8, 4) is 6.07 Å². The van der Waals surface area contributed by atoms with Crippen LogP contribution in [0.1, 0.15) is 35.0 Å². The monoisotopic (exact) mass is 437 g/mol. The molecule has 10 heteroatoms. The Kier molecular flexibility index (Phi) is 5.11. The van der Waals surface area contributed by atoms with Crippen LogP contribution < -0.4 is 5.32 Å². The van der Waals surface area contributed by atoms with Crippen LogP contribution in [0.3, 0.4) is 0 Å². The first-order valence-corrected chi connectivity index (χ1v) is 9.64. The Morgan fingerprint density at radius 2 is 2.35 bits per heavy atom. The van der Waals surface area contributed by atoms with E-state index in [4.69, 9.17) is 0 Å². The zero-order valence-corrected chi connectivity index (χ0v) is 16.6. The predicted octanol–water partition coefficient (Wildman–Crippen LogP) is 3.56. The van der Waals surface area contributed by atoms with Crippen LogP contribution in [0.15, 0.2) is 4.47 Å². The predicted molar refractivity (Wildman–Crippen MR) is 100 cm³/mol. The lowest BCUT2D eigenvalue weighted by molar-refractivity contribution is -0.390. The number of nitrogens with zero attached hydrogens (tertiary/aromatic N) is 4. The average Bonchev–Trinajstić information content (AvgIpc) is 3.05. The maximum Gasteiger partial charge on any atom is 0.404 e. The molecule has 0 bridgehead atoms. The average molecular weight is 438 g/mol. The molecule has 1 unspecified atom stereocenters. The van der Waals surface area contributed by atoms with Crippen molar-refractivity contribution in [1.82, 2.24) is 9.78 Å². The van der Waals surface area contributed by atoms with Crippen molar-refractivity contribution >= 4 is 44.0 Å². The molecule has 1 atom stereocenters. The summed E-state index contributed by atoms with van der Waals surface area (Å²) in [6, 6.07) is 2.20. The van der Waals surface area contributed by atoms with Crippen molar-refractivity contribution in [3.63, 3.8) is 0 Å². The highest BCUT2D eigenvalue weighted by Crippen LogP contribution is 2.39. The molecule has 1 N–H and O–H groups in total. The fraction of sp³-hybridized carbons (Fsp3) is 0.438. The molecule has 0 aromatic carbocycles. The van der Waals surface area contributed by atoms with Gasteiger partial charge >= 0.3 is 5.82 Å². The summed E-state index contributed by atoms with van der Waals surface area (Å²) in [6.45, 7) is 3.66. The van der Waals surface area contributed by atoms with Gasteiger partial charge in [0.2, 0.25) is 5.91 Å². The molecule has 8 nitrogen and oxygen atoms in total. The third kappa shape index (κ3) is 3.37. The van der Waals surface area contributed by atoms with Gasteiger partial charge in [-0.2, -0.15) is 9.94 Å². The minimum atomic E-state index is -0.603. The molecule has 0 saturated heterocycles. The van der Waals surface area contributed by atoms with Gasteiger partial charge in [-0.3, -0.25) is 4.79 Å². The fourth-order valence-electron chi connectivity index (χ4n) is 3.04. The van der Waals surface area contributed by atoms with Crippen LogP contribution in [-0.4, -0.2) is 20.6 Å². The third-order valence-electron chi connectivity index (χ3n) is 4.46. The van der Waals surface area contributed by atoms with Crippen LogP contribution >= 0.6 is 27.3 Å². The molecule has 0 spiro atoms. The number of fused-ring (bicyclic) bond motifs is 1. The minimum absolute atomic E-state index is 0.165. The lowest BCUT2D eigenvalue weighted by atomic mass is 9.89. The molecule has 26 heavy (non-hydrogen) atoms. The van der Waals surface area contributed by atoms with E-state index in [9.17, 15) is 20.2 Å². The topological polar surface area (TPSA) is 114 Å². The van der Waals surface area contributed by atoms with Crippen LogP contribution in [0.4, 0.5) is 10.8 Å². The minimum Gasteiger partial charge on any atom is -0.358 e. The standard InChI is InChI=1S/C16H16BrN5O3S/c1-8-3-4-10-11(6-18)16(26-12(10)5-8)19-13(23)7-21-9(2)14(17)15(20-21)22(24)25/h8H,3-5,7H2,1-2H3,(H,19,23). The molecule has 2 aromatic heterocycles. The number of rotatable bonds is 4. The second-order valence-electron chi connectivity index (χ2n) is 6.35. The number of hydrogen-bond acceptors (Lipinski definition) is 6. The first kappa shape index (κ1) is 18.5. The quantitative estimate of drug-likeness (QED) is 0.579. The summed E-state index contributed by atoms with van der Waals surface area (Å²) in [4.78, 5) is 23.9. The Labute approximate surface area is 162 Å². The number of halogens is 1. The smallest absolute Gasteiger partial charge is 0.358 e. The summed E-state index contributed by atoms with van der Waals surface area (Å²) < 4.78 is 1.53. The van der Waals surface area contributed by atoms with Gasteiger partial charge in [-0.25, -0.2) is 0 Å². The van der Waals surface area contributed by atoms with Gasteiger partial charge in [0.1, 0.15) is 22.1 Å². The Bertz CT molecular complexity index is 943. The molecule has 2 aromatic rings. The summed E-state index contributed by atoms with van der Waals surface area (Å²) in [5, 5.41) is 27.6. The second kappa shape index (κ2) is 7.17. The van der Waals surface area contributed by atoms with E-state index in [1.807, 2.05) is 0 Å². The maximum atomic E-state index is 12.4. The molecular formula is C16H16BrN5O3S. The van der Waals surface area contributed by atoms with Crippen LogP contribution in [-0.2, 0) is 24.2 Å². The van der Waals surface area contributed by atoms with Crippen molar-refractivity contribution in [2.45, 2.75) is 39.7 Å². The van der Waals surface area contributed by atoms with Gasteiger partial charge in [-0.1, -0.05) is 6.92 Å². The summed E-state index contributed by atoms with van der Waals surface area (Å²) in [6.07, 6.45) is 2.81. The number of nitriles is 1. The highest BCUT2D eigenvalue weighted by molar-refractivity contribution is 9.10. The Morgan fingerprint density at radius 3 is 2.96 bits per heavy atom. The van der Waals surface area contributed by atoms with Gasteiger partial charge in [0.05, 0.1) is 16.4 Å². The van der Waals surface area contributed by atoms with Gasteiger partial charge in [-0.15, -0.1) is 11.3 Å². The lowest BCUT2D eigenvalue weighted by Gasteiger charge is -2.17. The number of nitro groups is 1. The van der Waals surface area contributed by atoms with E-state index in [-0.39, 0.29) is 22.7 Å². The van der Waals surface area contributed by atoms with E-state index in [1.165, 1.54) is 16.0 Å². The number of hydrogen-bond donors (Lipinski definition) is 1. The normalized spacial score (nSPS) is 16.0. The SMILES string of the molecule is Cc1c(Br)c([N+](=O)[O-])nn1CC(=O)Nc1sc2c(c1C#N)CCC(C)C2. The van der Waals surface area contributed by atoms with E-state index >= 15 is 0 Å². The molecule has 2 heterocycles. The first-order valence-electron chi connectivity index (χ1n) is 8.03. The number of carbonyl (C=O) groups excluding carboxylic acids is 1. The summed E-state index contributed by atoms with van der Waals surface area (Å²) in [5.74, 6) is -0.129. The van der Waals surface area contributed by atoms with E-state index in [0.717, 1.165) is 29.7 Å². The molecule has 0 saturated carbocycles. The van der Waals surface area contributed by atoms with Crippen LogP contribution in [0.2, 0.25) is 0 Å². The zero-order valence-electron chi connectivity index (χ0n) is 14.2. The first-order chi connectivity index (χ1) is 12.3. The van der Waals surface area contributed by atoms with Gasteiger partial charge in [0.25, 0.3) is 0 Å². The summed E-state index contributed by atoms with van der Waals surface area (Å²) in [7, 11) is 0. The van der Waals surface area contributed by atoms with Crippen molar-refractivity contribution in [2.24, 2.45) is 5.92 Å². The zero-order chi connectivity index (χ0) is 19.0. The van der Waals surface area contributed by atoms with E-state index in [0.29, 0.717) is 22.2 Å². The molecular weight excluding hydrogens is 422 g/mol.